The van der Waals surface area contributed by atoms with Crippen LogP contribution in [0.25, 0.3) is 0 Å². The van der Waals surface area contributed by atoms with Crippen molar-refractivity contribution in [3.63, 3.8) is 0 Å². The van der Waals surface area contributed by atoms with Crippen LogP contribution in [0.4, 0.5) is 0 Å². The van der Waals surface area contributed by atoms with E-state index in [1.54, 1.807) is 0 Å². The molecule has 0 rings (SSSR count). The molecule has 0 radical (unpaired) electrons. The number of allylic oxidation sites excluding steroid dienone is 2. The number of aliphatic hydroxyl groups is 4. The molecule has 0 spiro atoms. The zero-order valence-electron chi connectivity index (χ0n) is 32.7. The lowest BCUT2D eigenvalue weighted by molar-refractivity contribution is -0.132. The lowest BCUT2D eigenvalue weighted by Crippen LogP contribution is -2.53. The summed E-state index contributed by atoms with van der Waals surface area (Å²) in [6.07, 6.45) is 41.0. The minimum Gasteiger partial charge on any atom is -0.394 e. The van der Waals surface area contributed by atoms with Gasteiger partial charge in [0.05, 0.1) is 18.8 Å². The first-order valence-electron chi connectivity index (χ1n) is 21.6. The second kappa shape index (κ2) is 38.3. The smallest absolute Gasteiger partial charge is 0.249 e. The fraction of sp³-hybridized carbons (Fsp3) is 0.930. The molecule has 0 heterocycles. The van der Waals surface area contributed by atoms with Gasteiger partial charge in [0.1, 0.15) is 12.2 Å². The summed E-state index contributed by atoms with van der Waals surface area (Å²) in [6, 6.07) is -0.996. The Morgan fingerprint density at radius 2 is 0.837 bits per heavy atom. The maximum Gasteiger partial charge on any atom is 0.249 e. The Bertz CT molecular complexity index is 702. The molecule has 6 nitrogen and oxygen atoms in total. The van der Waals surface area contributed by atoms with E-state index in [2.05, 4.69) is 31.3 Å². The van der Waals surface area contributed by atoms with Gasteiger partial charge in [-0.25, -0.2) is 0 Å². The van der Waals surface area contributed by atoms with Gasteiger partial charge >= 0.3 is 0 Å². The molecule has 0 saturated heterocycles. The number of aliphatic hydroxyl groups excluding tert-OH is 4. The number of rotatable bonds is 39. The summed E-state index contributed by atoms with van der Waals surface area (Å²) < 4.78 is 0. The van der Waals surface area contributed by atoms with Crippen LogP contribution in [0.3, 0.4) is 0 Å². The number of carbonyl (C=O) groups is 1. The molecular formula is C43H85NO5. The molecular weight excluding hydrogens is 610 g/mol. The maximum atomic E-state index is 12.5. The molecule has 0 aliphatic heterocycles. The van der Waals surface area contributed by atoms with Gasteiger partial charge in [0.15, 0.2) is 0 Å². The van der Waals surface area contributed by atoms with E-state index in [0.717, 1.165) is 38.5 Å². The molecule has 0 aliphatic carbocycles. The van der Waals surface area contributed by atoms with Crippen molar-refractivity contribution in [3.05, 3.63) is 12.2 Å². The van der Waals surface area contributed by atoms with Crippen molar-refractivity contribution >= 4 is 5.91 Å². The fourth-order valence-electron chi connectivity index (χ4n) is 6.76. The van der Waals surface area contributed by atoms with Crippen molar-refractivity contribution in [2.45, 2.75) is 250 Å². The first-order valence-corrected chi connectivity index (χ1v) is 21.6. The van der Waals surface area contributed by atoms with Crippen LogP contribution in [0, 0.1) is 0 Å². The summed E-state index contributed by atoms with van der Waals surface area (Å²) in [4.78, 5) is 12.5. The molecule has 0 aliphatic rings. The Kier molecular flexibility index (Phi) is 37.5. The van der Waals surface area contributed by atoms with Gasteiger partial charge in [-0.15, -0.1) is 0 Å². The third kappa shape index (κ3) is 32.7. The van der Waals surface area contributed by atoms with Crippen LogP contribution >= 0.6 is 0 Å². The minimum atomic E-state index is -1.28. The summed E-state index contributed by atoms with van der Waals surface area (Å²) in [5, 5.41) is 43.6. The second-order valence-electron chi connectivity index (χ2n) is 15.0. The second-order valence-corrected chi connectivity index (χ2v) is 15.0. The topological polar surface area (TPSA) is 110 Å². The largest absolute Gasteiger partial charge is 0.394 e. The molecule has 0 aromatic heterocycles. The third-order valence-corrected chi connectivity index (χ3v) is 10.2. The van der Waals surface area contributed by atoms with Crippen molar-refractivity contribution in [2.24, 2.45) is 0 Å². The first-order chi connectivity index (χ1) is 24.0. The lowest BCUT2D eigenvalue weighted by atomic mass is 10.00. The van der Waals surface area contributed by atoms with Gasteiger partial charge in [0.25, 0.3) is 0 Å². The summed E-state index contributed by atoms with van der Waals surface area (Å²) in [7, 11) is 0. The standard InChI is InChI=1S/C43H85NO5/c1-3-5-7-9-11-13-15-17-18-19-20-21-22-23-24-25-27-28-30-32-34-36-40(46)42(48)39(38-45)44-43(49)41(47)37-35-33-31-29-26-16-14-12-10-8-6-4-2/h28,30,39-42,45-48H,3-27,29,31-38H2,1-2H3,(H,44,49)/b30-28+. The number of nitrogens with one attached hydrogen (secondary N) is 1. The van der Waals surface area contributed by atoms with E-state index < -0.39 is 36.9 Å². The SMILES string of the molecule is CCCCCCCCCCCCCCCCCC/C=C/CCCC(O)C(O)C(CO)NC(=O)C(O)CCCCCCCCCCCCCC. The summed E-state index contributed by atoms with van der Waals surface area (Å²) in [5.74, 6) is -0.592. The minimum absolute atomic E-state index is 0.367. The van der Waals surface area contributed by atoms with E-state index in [-0.39, 0.29) is 0 Å². The number of carbonyl (C=O) groups excluding carboxylic acids is 1. The van der Waals surface area contributed by atoms with Crippen LogP contribution in [-0.4, -0.2) is 57.3 Å². The Morgan fingerprint density at radius 3 is 1.22 bits per heavy atom. The predicted octanol–water partition coefficient (Wildman–Crippen LogP) is 11.0. The average molecular weight is 696 g/mol. The molecule has 4 unspecified atom stereocenters. The van der Waals surface area contributed by atoms with Gasteiger partial charge in [0.2, 0.25) is 5.91 Å². The van der Waals surface area contributed by atoms with Gasteiger partial charge in [0, 0.05) is 0 Å². The molecule has 0 saturated carbocycles. The molecule has 0 fully saturated rings. The highest BCUT2D eigenvalue weighted by Gasteiger charge is 2.28. The van der Waals surface area contributed by atoms with E-state index in [9.17, 15) is 25.2 Å². The molecule has 1 amide bonds. The van der Waals surface area contributed by atoms with Crippen LogP contribution in [-0.2, 0) is 4.79 Å². The van der Waals surface area contributed by atoms with Gasteiger partial charge in [-0.3, -0.25) is 4.79 Å². The summed E-state index contributed by atoms with van der Waals surface area (Å²) in [5.41, 5.74) is 0. The van der Waals surface area contributed by atoms with Crippen LogP contribution < -0.4 is 5.32 Å². The zero-order valence-corrected chi connectivity index (χ0v) is 32.7. The van der Waals surface area contributed by atoms with E-state index in [1.165, 1.54) is 161 Å². The Balaban J connectivity index is 3.74. The Hall–Kier alpha value is -0.950. The van der Waals surface area contributed by atoms with Crippen molar-refractivity contribution in [1.82, 2.24) is 5.32 Å². The van der Waals surface area contributed by atoms with Gasteiger partial charge in [-0.2, -0.15) is 0 Å². The van der Waals surface area contributed by atoms with Gasteiger partial charge < -0.3 is 25.7 Å². The molecule has 0 aromatic carbocycles. The van der Waals surface area contributed by atoms with Crippen LogP contribution in [0.2, 0.25) is 0 Å². The third-order valence-electron chi connectivity index (χ3n) is 10.2. The lowest BCUT2D eigenvalue weighted by Gasteiger charge is -2.27. The monoisotopic (exact) mass is 696 g/mol. The molecule has 5 N–H and O–H groups in total. The molecule has 49 heavy (non-hydrogen) atoms. The summed E-state index contributed by atoms with van der Waals surface area (Å²) in [6.45, 7) is 4.04. The molecule has 292 valence electrons. The van der Waals surface area contributed by atoms with E-state index in [0.29, 0.717) is 12.8 Å². The normalized spacial score (nSPS) is 14.3. The number of amides is 1. The molecule has 0 bridgehead atoms. The van der Waals surface area contributed by atoms with E-state index in [1.807, 2.05) is 0 Å². The molecule has 6 heteroatoms. The van der Waals surface area contributed by atoms with Gasteiger partial charge in [-0.1, -0.05) is 199 Å². The van der Waals surface area contributed by atoms with Crippen molar-refractivity contribution in [2.75, 3.05) is 6.61 Å². The van der Waals surface area contributed by atoms with Crippen molar-refractivity contribution < 1.29 is 25.2 Å². The average Bonchev–Trinajstić information content (AvgIpc) is 3.11. The highest BCUT2D eigenvalue weighted by atomic mass is 16.3. The molecule has 0 aromatic rings. The Morgan fingerprint density at radius 1 is 0.490 bits per heavy atom. The van der Waals surface area contributed by atoms with Crippen LogP contribution in [0.1, 0.15) is 226 Å². The summed E-state index contributed by atoms with van der Waals surface area (Å²) >= 11 is 0. The number of hydrogen-bond donors (Lipinski definition) is 5. The van der Waals surface area contributed by atoms with Crippen molar-refractivity contribution in [1.29, 1.82) is 0 Å². The number of unbranched alkanes of at least 4 members (excludes halogenated alkanes) is 28. The van der Waals surface area contributed by atoms with Crippen LogP contribution in [0.5, 0.6) is 0 Å². The number of hydrogen-bond acceptors (Lipinski definition) is 5. The fourth-order valence-corrected chi connectivity index (χ4v) is 6.76. The molecule has 4 atom stereocenters. The van der Waals surface area contributed by atoms with Gasteiger partial charge in [-0.05, 0) is 38.5 Å². The van der Waals surface area contributed by atoms with E-state index in [4.69, 9.17) is 0 Å². The van der Waals surface area contributed by atoms with E-state index >= 15 is 0 Å². The first kappa shape index (κ1) is 48.0. The zero-order chi connectivity index (χ0) is 36.0. The Labute approximate surface area is 304 Å². The van der Waals surface area contributed by atoms with Crippen molar-refractivity contribution in [3.8, 4) is 0 Å². The quantitative estimate of drug-likeness (QED) is 0.0325. The predicted molar refractivity (Wildman–Crippen MR) is 210 cm³/mol. The highest BCUT2D eigenvalue weighted by molar-refractivity contribution is 5.80. The van der Waals surface area contributed by atoms with Crippen LogP contribution in [0.15, 0.2) is 12.2 Å². The highest BCUT2D eigenvalue weighted by Crippen LogP contribution is 2.16. The maximum absolute atomic E-state index is 12.5.